The van der Waals surface area contributed by atoms with Crippen LogP contribution in [0.4, 0.5) is 0 Å². The molecule has 4 atom stereocenters. The minimum absolute atomic E-state index is 0.552. The molecule has 0 heterocycles. The van der Waals surface area contributed by atoms with Crippen LogP contribution in [-0.2, 0) is 0 Å². The molecule has 0 aliphatic carbocycles. The third-order valence-electron chi connectivity index (χ3n) is 3.50. The van der Waals surface area contributed by atoms with Crippen molar-refractivity contribution in [3.05, 3.63) is 0 Å². The van der Waals surface area contributed by atoms with Crippen molar-refractivity contribution in [1.29, 1.82) is 0 Å². The number of rotatable bonds is 6. The highest BCUT2D eigenvalue weighted by Crippen LogP contribution is 2.27. The Bertz CT molecular complexity index is 120. The monoisotopic (exact) mass is 202 g/mol. The Balaban J connectivity index is 3.93. The van der Waals surface area contributed by atoms with E-state index in [0.29, 0.717) is 5.25 Å². The molecule has 0 amide bonds. The van der Waals surface area contributed by atoms with Crippen LogP contribution in [0.15, 0.2) is 0 Å². The van der Waals surface area contributed by atoms with E-state index in [1.807, 2.05) is 0 Å². The predicted octanol–water partition coefficient (Wildman–Crippen LogP) is 4.40. The summed E-state index contributed by atoms with van der Waals surface area (Å²) in [5, 5.41) is 0.552. The van der Waals surface area contributed by atoms with Gasteiger partial charge < -0.3 is 0 Å². The summed E-state index contributed by atoms with van der Waals surface area (Å²) < 4.78 is 0. The predicted molar refractivity (Wildman–Crippen MR) is 65.5 cm³/mol. The summed E-state index contributed by atoms with van der Waals surface area (Å²) >= 11 is 4.55. The highest BCUT2D eigenvalue weighted by atomic mass is 32.1. The fourth-order valence-electron chi connectivity index (χ4n) is 1.82. The van der Waals surface area contributed by atoms with Gasteiger partial charge in [0.25, 0.3) is 0 Å². The van der Waals surface area contributed by atoms with Crippen molar-refractivity contribution in [3.63, 3.8) is 0 Å². The molecule has 0 rings (SSSR count). The van der Waals surface area contributed by atoms with E-state index in [0.717, 1.165) is 17.8 Å². The molecule has 0 fully saturated rings. The maximum atomic E-state index is 4.55. The van der Waals surface area contributed by atoms with Crippen LogP contribution >= 0.6 is 12.6 Å². The second-order valence-electron chi connectivity index (χ2n) is 4.51. The van der Waals surface area contributed by atoms with Crippen LogP contribution in [0.25, 0.3) is 0 Å². The van der Waals surface area contributed by atoms with Gasteiger partial charge in [-0.2, -0.15) is 12.6 Å². The minimum Gasteiger partial charge on any atom is -0.176 e. The van der Waals surface area contributed by atoms with E-state index in [4.69, 9.17) is 0 Å². The lowest BCUT2D eigenvalue weighted by molar-refractivity contribution is 0.291. The average molecular weight is 202 g/mol. The van der Waals surface area contributed by atoms with Gasteiger partial charge in [-0.05, 0) is 24.2 Å². The summed E-state index contributed by atoms with van der Waals surface area (Å²) in [5.74, 6) is 2.51. The summed E-state index contributed by atoms with van der Waals surface area (Å²) in [6.45, 7) is 11.5. The Kier molecular flexibility index (Phi) is 6.93. The van der Waals surface area contributed by atoms with Crippen molar-refractivity contribution in [1.82, 2.24) is 0 Å². The van der Waals surface area contributed by atoms with Crippen molar-refractivity contribution in [2.75, 3.05) is 0 Å². The largest absolute Gasteiger partial charge is 0.176 e. The zero-order chi connectivity index (χ0) is 10.4. The number of hydrogen-bond donors (Lipinski definition) is 1. The SMILES string of the molecule is CCC(C)C(C)CC(CC)C(C)S. The second-order valence-corrected chi connectivity index (χ2v) is 5.32. The smallest absolute Gasteiger partial charge is 0.00167 e. The number of hydrogen-bond acceptors (Lipinski definition) is 1. The average Bonchev–Trinajstić information content (AvgIpc) is 2.11. The fraction of sp³-hybridized carbons (Fsp3) is 1.00. The van der Waals surface area contributed by atoms with E-state index in [1.54, 1.807) is 0 Å². The van der Waals surface area contributed by atoms with Crippen molar-refractivity contribution >= 4 is 12.6 Å². The molecule has 80 valence electrons. The molecular weight excluding hydrogens is 176 g/mol. The molecule has 0 aliphatic heterocycles. The molecule has 0 aromatic carbocycles. The maximum Gasteiger partial charge on any atom is 0.00167 e. The summed E-state index contributed by atoms with van der Waals surface area (Å²) in [4.78, 5) is 0. The Labute approximate surface area is 89.9 Å². The van der Waals surface area contributed by atoms with Gasteiger partial charge in [0.1, 0.15) is 0 Å². The normalized spacial score (nSPS) is 20.8. The molecule has 0 nitrogen and oxygen atoms in total. The van der Waals surface area contributed by atoms with Crippen LogP contribution in [0.2, 0.25) is 0 Å². The van der Waals surface area contributed by atoms with Gasteiger partial charge in [-0.15, -0.1) is 0 Å². The van der Waals surface area contributed by atoms with Crippen molar-refractivity contribution in [2.45, 2.75) is 59.1 Å². The molecule has 0 aromatic rings. The van der Waals surface area contributed by atoms with E-state index < -0.39 is 0 Å². The zero-order valence-corrected chi connectivity index (χ0v) is 10.8. The van der Waals surface area contributed by atoms with Crippen molar-refractivity contribution in [3.8, 4) is 0 Å². The minimum atomic E-state index is 0.552. The highest BCUT2D eigenvalue weighted by Gasteiger charge is 2.18. The van der Waals surface area contributed by atoms with Gasteiger partial charge in [0.2, 0.25) is 0 Å². The molecule has 0 saturated carbocycles. The van der Waals surface area contributed by atoms with Gasteiger partial charge in [-0.3, -0.25) is 0 Å². The summed E-state index contributed by atoms with van der Waals surface area (Å²) in [7, 11) is 0. The van der Waals surface area contributed by atoms with Gasteiger partial charge in [0.05, 0.1) is 0 Å². The molecule has 4 unspecified atom stereocenters. The van der Waals surface area contributed by atoms with E-state index in [1.165, 1.54) is 19.3 Å². The van der Waals surface area contributed by atoms with E-state index in [2.05, 4.69) is 47.2 Å². The third-order valence-corrected chi connectivity index (χ3v) is 3.92. The van der Waals surface area contributed by atoms with Gasteiger partial charge in [0.15, 0.2) is 0 Å². The molecule has 13 heavy (non-hydrogen) atoms. The Hall–Kier alpha value is 0.350. The van der Waals surface area contributed by atoms with Crippen molar-refractivity contribution in [2.24, 2.45) is 17.8 Å². The van der Waals surface area contributed by atoms with Crippen LogP contribution in [0, 0.1) is 17.8 Å². The van der Waals surface area contributed by atoms with Gasteiger partial charge in [-0.1, -0.05) is 47.5 Å². The lowest BCUT2D eigenvalue weighted by Gasteiger charge is -2.25. The Morgan fingerprint density at radius 3 is 1.77 bits per heavy atom. The molecule has 1 heteroatoms. The molecule has 0 bridgehead atoms. The van der Waals surface area contributed by atoms with E-state index in [9.17, 15) is 0 Å². The first-order chi connectivity index (χ1) is 6.02. The molecule has 0 saturated heterocycles. The topological polar surface area (TPSA) is 0 Å². The van der Waals surface area contributed by atoms with Gasteiger partial charge >= 0.3 is 0 Å². The van der Waals surface area contributed by atoms with Crippen LogP contribution in [0.5, 0.6) is 0 Å². The zero-order valence-electron chi connectivity index (χ0n) is 9.88. The molecule has 0 spiro atoms. The summed E-state index contributed by atoms with van der Waals surface area (Å²) in [5.41, 5.74) is 0. The quantitative estimate of drug-likeness (QED) is 0.606. The molecule has 0 aromatic heterocycles. The van der Waals surface area contributed by atoms with Crippen LogP contribution in [0.1, 0.15) is 53.9 Å². The standard InChI is InChI=1S/C12H26S/c1-6-9(3)10(4)8-12(7-2)11(5)13/h9-13H,6-8H2,1-5H3. The van der Waals surface area contributed by atoms with E-state index in [-0.39, 0.29) is 0 Å². The van der Waals surface area contributed by atoms with Crippen LogP contribution in [0.3, 0.4) is 0 Å². The highest BCUT2D eigenvalue weighted by molar-refractivity contribution is 7.80. The lowest BCUT2D eigenvalue weighted by Crippen LogP contribution is -2.18. The van der Waals surface area contributed by atoms with Crippen LogP contribution < -0.4 is 0 Å². The second kappa shape index (κ2) is 6.75. The first-order valence-corrected chi connectivity index (χ1v) is 6.22. The Morgan fingerprint density at radius 2 is 1.46 bits per heavy atom. The number of thiol groups is 1. The molecule has 0 aliphatic rings. The van der Waals surface area contributed by atoms with Crippen molar-refractivity contribution < 1.29 is 0 Å². The summed E-state index contributed by atoms with van der Waals surface area (Å²) in [6, 6.07) is 0. The summed E-state index contributed by atoms with van der Waals surface area (Å²) in [6.07, 6.45) is 3.92. The lowest BCUT2D eigenvalue weighted by atomic mass is 9.83. The van der Waals surface area contributed by atoms with E-state index >= 15 is 0 Å². The van der Waals surface area contributed by atoms with Gasteiger partial charge in [0, 0.05) is 5.25 Å². The third kappa shape index (κ3) is 4.95. The van der Waals surface area contributed by atoms with Gasteiger partial charge in [-0.25, -0.2) is 0 Å². The maximum absolute atomic E-state index is 4.55. The first kappa shape index (κ1) is 13.4. The first-order valence-electron chi connectivity index (χ1n) is 5.70. The molecular formula is C12H26S. The molecule has 0 N–H and O–H groups in total. The van der Waals surface area contributed by atoms with Crippen LogP contribution in [-0.4, -0.2) is 5.25 Å². The molecule has 0 radical (unpaired) electrons. The Morgan fingerprint density at radius 1 is 0.923 bits per heavy atom. The fourth-order valence-corrected chi connectivity index (χ4v) is 2.15.